The third-order valence-corrected chi connectivity index (χ3v) is 4.01. The molecule has 0 atom stereocenters. The van der Waals surface area contributed by atoms with Crippen LogP contribution in [0.15, 0.2) is 65.8 Å². The Morgan fingerprint density at radius 3 is 2.64 bits per heavy atom. The predicted molar refractivity (Wildman–Crippen MR) is 102 cm³/mol. The van der Waals surface area contributed by atoms with Crippen LogP contribution in [0.2, 0.25) is 10.0 Å². The molecule has 0 radical (unpaired) electrons. The topological polar surface area (TPSA) is 50.7 Å². The Bertz CT molecular complexity index is 942. The summed E-state index contributed by atoms with van der Waals surface area (Å²) >= 11 is 11.8. The number of hydrazone groups is 1. The van der Waals surface area contributed by atoms with E-state index in [1.165, 1.54) is 6.21 Å². The molecule has 1 N–H and O–H groups in total. The number of carbonyl (C=O) groups is 1. The van der Waals surface area contributed by atoms with Crippen LogP contribution in [-0.2, 0) is 4.79 Å². The fourth-order valence-corrected chi connectivity index (χ4v) is 2.68. The Balaban J connectivity index is 1.54. The van der Waals surface area contributed by atoms with E-state index in [4.69, 9.17) is 27.9 Å². The van der Waals surface area contributed by atoms with Crippen molar-refractivity contribution in [3.05, 3.63) is 76.3 Å². The maximum atomic E-state index is 11.8. The lowest BCUT2D eigenvalue weighted by molar-refractivity contribution is -0.123. The molecule has 4 nitrogen and oxygen atoms in total. The van der Waals surface area contributed by atoms with Gasteiger partial charge >= 0.3 is 0 Å². The summed E-state index contributed by atoms with van der Waals surface area (Å²) in [5.41, 5.74) is 3.05. The standard InChI is InChI=1S/C19H14Cl2N2O2/c20-16-7-5-15(18(21)10-16)11-22-23-19(24)12-25-17-8-6-13-3-1-2-4-14(13)9-17/h1-11H,12H2,(H,23,24). The second-order valence-corrected chi connectivity index (χ2v) is 6.10. The molecular weight excluding hydrogens is 359 g/mol. The van der Waals surface area contributed by atoms with Gasteiger partial charge in [0.05, 0.1) is 11.2 Å². The number of hydrogen-bond donors (Lipinski definition) is 1. The van der Waals surface area contributed by atoms with E-state index >= 15 is 0 Å². The van der Waals surface area contributed by atoms with Gasteiger partial charge < -0.3 is 4.74 Å². The van der Waals surface area contributed by atoms with E-state index in [0.717, 1.165) is 10.8 Å². The fourth-order valence-electron chi connectivity index (χ4n) is 2.22. The first kappa shape index (κ1) is 17.3. The average Bonchev–Trinajstić information content (AvgIpc) is 2.61. The largest absolute Gasteiger partial charge is 0.484 e. The molecular formula is C19H14Cl2N2O2. The number of hydrogen-bond acceptors (Lipinski definition) is 3. The van der Waals surface area contributed by atoms with Crippen LogP contribution in [0, 0.1) is 0 Å². The zero-order valence-electron chi connectivity index (χ0n) is 13.1. The Morgan fingerprint density at radius 2 is 1.84 bits per heavy atom. The lowest BCUT2D eigenvalue weighted by atomic mass is 10.1. The van der Waals surface area contributed by atoms with Gasteiger partial charge in [-0.2, -0.15) is 5.10 Å². The van der Waals surface area contributed by atoms with Crippen LogP contribution in [0.3, 0.4) is 0 Å². The number of amides is 1. The Morgan fingerprint density at radius 1 is 1.04 bits per heavy atom. The summed E-state index contributed by atoms with van der Waals surface area (Å²) < 4.78 is 5.49. The van der Waals surface area contributed by atoms with Crippen LogP contribution in [0.5, 0.6) is 5.75 Å². The molecule has 0 saturated carbocycles. The minimum absolute atomic E-state index is 0.135. The van der Waals surface area contributed by atoms with E-state index in [-0.39, 0.29) is 12.5 Å². The van der Waals surface area contributed by atoms with Gasteiger partial charge in [-0.25, -0.2) is 5.43 Å². The maximum absolute atomic E-state index is 11.8. The van der Waals surface area contributed by atoms with E-state index in [9.17, 15) is 4.79 Å². The first-order valence-electron chi connectivity index (χ1n) is 7.50. The monoisotopic (exact) mass is 372 g/mol. The van der Waals surface area contributed by atoms with Crippen molar-refractivity contribution in [2.75, 3.05) is 6.61 Å². The molecule has 0 aliphatic rings. The van der Waals surface area contributed by atoms with Gasteiger partial charge in [0.2, 0.25) is 0 Å². The highest BCUT2D eigenvalue weighted by Gasteiger charge is 2.03. The first-order chi connectivity index (χ1) is 12.1. The number of carbonyl (C=O) groups excluding carboxylic acids is 1. The van der Waals surface area contributed by atoms with Crippen molar-refractivity contribution < 1.29 is 9.53 Å². The molecule has 0 fully saturated rings. The van der Waals surface area contributed by atoms with Gasteiger partial charge in [0.25, 0.3) is 5.91 Å². The Labute approximate surface area is 155 Å². The van der Waals surface area contributed by atoms with Gasteiger partial charge in [-0.15, -0.1) is 0 Å². The second-order valence-electron chi connectivity index (χ2n) is 5.26. The molecule has 0 aromatic heterocycles. The number of nitrogens with zero attached hydrogens (tertiary/aromatic N) is 1. The fraction of sp³-hybridized carbons (Fsp3) is 0.0526. The summed E-state index contributed by atoms with van der Waals surface area (Å²) in [7, 11) is 0. The number of halogens is 2. The first-order valence-corrected chi connectivity index (χ1v) is 8.26. The van der Waals surface area contributed by atoms with Crippen molar-refractivity contribution in [2.45, 2.75) is 0 Å². The van der Waals surface area contributed by atoms with Gasteiger partial charge in [0.15, 0.2) is 6.61 Å². The third-order valence-electron chi connectivity index (χ3n) is 3.45. The summed E-state index contributed by atoms with van der Waals surface area (Å²) in [4.78, 5) is 11.8. The summed E-state index contributed by atoms with van der Waals surface area (Å²) in [6.45, 7) is -0.135. The molecule has 0 spiro atoms. The smallest absolute Gasteiger partial charge is 0.277 e. The molecule has 1 amide bonds. The Hall–Kier alpha value is -2.56. The molecule has 6 heteroatoms. The lowest BCUT2D eigenvalue weighted by Gasteiger charge is -2.06. The number of ether oxygens (including phenoxy) is 1. The number of benzene rings is 3. The van der Waals surface area contributed by atoms with Crippen LogP contribution in [-0.4, -0.2) is 18.7 Å². The molecule has 0 unspecified atom stereocenters. The number of fused-ring (bicyclic) bond motifs is 1. The van der Waals surface area contributed by atoms with Crippen molar-refractivity contribution in [3.63, 3.8) is 0 Å². The molecule has 0 bridgehead atoms. The molecule has 0 aliphatic carbocycles. The SMILES string of the molecule is O=C(COc1ccc2ccccc2c1)NN=Cc1ccc(Cl)cc1Cl. The summed E-state index contributed by atoms with van der Waals surface area (Å²) in [6.07, 6.45) is 1.45. The van der Waals surface area contributed by atoms with Crippen LogP contribution in [0.4, 0.5) is 0 Å². The van der Waals surface area contributed by atoms with Crippen molar-refractivity contribution in [3.8, 4) is 5.75 Å². The van der Waals surface area contributed by atoms with Gasteiger partial charge in [-0.05, 0) is 35.0 Å². The van der Waals surface area contributed by atoms with Crippen LogP contribution < -0.4 is 10.2 Å². The van der Waals surface area contributed by atoms with Gasteiger partial charge in [0.1, 0.15) is 5.75 Å². The summed E-state index contributed by atoms with van der Waals surface area (Å²) in [6, 6.07) is 18.6. The predicted octanol–water partition coefficient (Wildman–Crippen LogP) is 4.68. The van der Waals surface area contributed by atoms with E-state index < -0.39 is 0 Å². The molecule has 3 rings (SSSR count). The summed E-state index contributed by atoms with van der Waals surface area (Å²) in [5, 5.41) is 7.02. The van der Waals surface area contributed by atoms with Crippen LogP contribution in [0.1, 0.15) is 5.56 Å². The van der Waals surface area contributed by atoms with E-state index in [1.54, 1.807) is 18.2 Å². The normalized spacial score (nSPS) is 11.0. The highest BCUT2D eigenvalue weighted by molar-refractivity contribution is 6.36. The maximum Gasteiger partial charge on any atom is 0.277 e. The van der Waals surface area contributed by atoms with E-state index in [2.05, 4.69) is 10.5 Å². The number of rotatable bonds is 5. The minimum atomic E-state index is -0.366. The lowest BCUT2D eigenvalue weighted by Crippen LogP contribution is -2.24. The highest BCUT2D eigenvalue weighted by atomic mass is 35.5. The zero-order valence-corrected chi connectivity index (χ0v) is 14.6. The molecule has 3 aromatic carbocycles. The van der Waals surface area contributed by atoms with Crippen molar-refractivity contribution in [1.29, 1.82) is 0 Å². The Kier molecular flexibility index (Phi) is 5.53. The van der Waals surface area contributed by atoms with E-state index in [1.807, 2.05) is 42.5 Å². The second kappa shape index (κ2) is 8.01. The van der Waals surface area contributed by atoms with Crippen LogP contribution >= 0.6 is 23.2 Å². The van der Waals surface area contributed by atoms with Gasteiger partial charge in [-0.1, -0.05) is 59.6 Å². The zero-order chi connectivity index (χ0) is 17.6. The molecule has 25 heavy (non-hydrogen) atoms. The van der Waals surface area contributed by atoms with E-state index in [0.29, 0.717) is 21.4 Å². The minimum Gasteiger partial charge on any atom is -0.484 e. The van der Waals surface area contributed by atoms with Gasteiger partial charge in [-0.3, -0.25) is 4.79 Å². The molecule has 126 valence electrons. The third kappa shape index (κ3) is 4.72. The van der Waals surface area contributed by atoms with Gasteiger partial charge in [0, 0.05) is 10.6 Å². The van der Waals surface area contributed by atoms with Crippen molar-refractivity contribution in [1.82, 2.24) is 5.43 Å². The summed E-state index contributed by atoms with van der Waals surface area (Å²) in [5.74, 6) is 0.257. The molecule has 0 saturated heterocycles. The van der Waals surface area contributed by atoms with Crippen LogP contribution in [0.25, 0.3) is 10.8 Å². The average molecular weight is 373 g/mol. The molecule has 3 aromatic rings. The molecule has 0 heterocycles. The highest BCUT2D eigenvalue weighted by Crippen LogP contribution is 2.21. The molecule has 0 aliphatic heterocycles. The quantitative estimate of drug-likeness (QED) is 0.522. The van der Waals surface area contributed by atoms with Crippen molar-refractivity contribution in [2.24, 2.45) is 5.10 Å². The van der Waals surface area contributed by atoms with Crippen molar-refractivity contribution >= 4 is 46.1 Å². The number of nitrogens with one attached hydrogen (secondary N) is 1.